The molecule has 0 aromatic carbocycles. The zero-order valence-corrected chi connectivity index (χ0v) is 7.08. The van der Waals surface area contributed by atoms with E-state index in [0.717, 1.165) is 6.07 Å². The molecule has 2 nitrogen and oxygen atoms in total. The molecule has 0 unspecified atom stereocenters. The fourth-order valence-electron chi connectivity index (χ4n) is 0.460. The number of halogens is 3. The van der Waals surface area contributed by atoms with Crippen LogP contribution in [0, 0.1) is 5.82 Å². The number of anilines is 1. The molecule has 0 saturated heterocycles. The zero-order chi connectivity index (χ0) is 7.72. The molecule has 0 aliphatic carbocycles. The average Bonchev–Trinajstić information content (AvgIpc) is 1.84. The van der Waals surface area contributed by atoms with Crippen LogP contribution >= 0.6 is 27.5 Å². The molecule has 54 valence electrons. The summed E-state index contributed by atoms with van der Waals surface area (Å²) in [5.74, 6) is -0.512. The average molecular weight is 225 g/mol. The number of nitrogens with zero attached hydrogens (tertiary/aromatic N) is 1. The van der Waals surface area contributed by atoms with E-state index in [0.29, 0.717) is 0 Å². The van der Waals surface area contributed by atoms with Crippen molar-refractivity contribution in [2.45, 2.75) is 0 Å². The van der Waals surface area contributed by atoms with E-state index in [9.17, 15) is 4.39 Å². The summed E-state index contributed by atoms with van der Waals surface area (Å²) in [6.45, 7) is 0. The summed E-state index contributed by atoms with van der Waals surface area (Å²) in [4.78, 5) is 3.55. The molecule has 5 heteroatoms. The Labute approximate surface area is 70.3 Å². The van der Waals surface area contributed by atoms with E-state index in [-0.39, 0.29) is 15.4 Å². The summed E-state index contributed by atoms with van der Waals surface area (Å²) < 4.78 is 12.6. The molecule has 0 aliphatic heterocycles. The number of pyridine rings is 1. The van der Waals surface area contributed by atoms with Crippen molar-refractivity contribution >= 4 is 33.2 Å². The number of nitrogens with two attached hydrogens (primary N) is 1. The predicted octanol–water partition coefficient (Wildman–Crippen LogP) is 2.22. The molecule has 0 spiro atoms. The molecular weight excluding hydrogens is 222 g/mol. The number of hydrogen-bond donors (Lipinski definition) is 1. The van der Waals surface area contributed by atoms with Gasteiger partial charge in [-0.15, -0.1) is 0 Å². The Morgan fingerprint density at radius 2 is 2.30 bits per heavy atom. The Balaban J connectivity index is 3.28. The van der Waals surface area contributed by atoms with Crippen LogP contribution in [0.2, 0.25) is 5.15 Å². The number of hydrogen-bond acceptors (Lipinski definition) is 2. The SMILES string of the molecule is Nc1cc(F)c(Br)nc1Cl. The molecular formula is C5H3BrClFN2. The minimum atomic E-state index is -0.512. The Hall–Kier alpha value is -0.350. The lowest BCUT2D eigenvalue weighted by atomic mass is 10.4. The molecule has 2 N–H and O–H groups in total. The summed E-state index contributed by atoms with van der Waals surface area (Å²) in [7, 11) is 0. The lowest BCUT2D eigenvalue weighted by Gasteiger charge is -1.97. The fourth-order valence-corrected chi connectivity index (χ4v) is 0.993. The highest BCUT2D eigenvalue weighted by atomic mass is 79.9. The van der Waals surface area contributed by atoms with Crippen molar-refractivity contribution in [3.05, 3.63) is 21.6 Å². The van der Waals surface area contributed by atoms with Crippen molar-refractivity contribution in [3.63, 3.8) is 0 Å². The summed E-state index contributed by atoms with van der Waals surface area (Å²) in [5.41, 5.74) is 5.38. The first-order valence-corrected chi connectivity index (χ1v) is 3.55. The molecule has 1 heterocycles. The van der Waals surface area contributed by atoms with Gasteiger partial charge in [-0.3, -0.25) is 0 Å². The summed E-state index contributed by atoms with van der Waals surface area (Å²) in [6, 6.07) is 1.11. The second kappa shape index (κ2) is 2.72. The third-order valence-corrected chi connectivity index (χ3v) is 1.77. The third kappa shape index (κ3) is 1.38. The van der Waals surface area contributed by atoms with Gasteiger partial charge in [-0.05, 0) is 15.9 Å². The maximum atomic E-state index is 12.5. The van der Waals surface area contributed by atoms with Gasteiger partial charge in [0.1, 0.15) is 4.60 Å². The van der Waals surface area contributed by atoms with Crippen LogP contribution in [0.3, 0.4) is 0 Å². The highest BCUT2D eigenvalue weighted by Crippen LogP contribution is 2.21. The highest BCUT2D eigenvalue weighted by molar-refractivity contribution is 9.10. The molecule has 1 aromatic rings. The van der Waals surface area contributed by atoms with E-state index in [1.165, 1.54) is 0 Å². The summed E-state index contributed by atoms with van der Waals surface area (Å²) >= 11 is 8.31. The van der Waals surface area contributed by atoms with E-state index in [1.54, 1.807) is 0 Å². The van der Waals surface area contributed by atoms with Gasteiger partial charge in [0.15, 0.2) is 11.0 Å². The first-order valence-electron chi connectivity index (χ1n) is 2.38. The van der Waals surface area contributed by atoms with Gasteiger partial charge in [0.05, 0.1) is 5.69 Å². The van der Waals surface area contributed by atoms with Crippen molar-refractivity contribution < 1.29 is 4.39 Å². The molecule has 1 rings (SSSR count). The Kier molecular flexibility index (Phi) is 2.11. The van der Waals surface area contributed by atoms with Gasteiger partial charge in [0, 0.05) is 6.07 Å². The Bertz CT molecular complexity index is 216. The van der Waals surface area contributed by atoms with Crippen LogP contribution < -0.4 is 5.73 Å². The Morgan fingerprint density at radius 1 is 1.70 bits per heavy atom. The van der Waals surface area contributed by atoms with Crippen LogP contribution in [0.25, 0.3) is 0 Å². The lowest BCUT2D eigenvalue weighted by Crippen LogP contribution is -1.92. The van der Waals surface area contributed by atoms with Crippen molar-refractivity contribution in [2.24, 2.45) is 0 Å². The zero-order valence-electron chi connectivity index (χ0n) is 4.74. The van der Waals surface area contributed by atoms with E-state index >= 15 is 0 Å². The quantitative estimate of drug-likeness (QED) is 0.688. The highest BCUT2D eigenvalue weighted by Gasteiger charge is 2.04. The smallest absolute Gasteiger partial charge is 0.158 e. The second-order valence-corrected chi connectivity index (χ2v) is 2.75. The van der Waals surface area contributed by atoms with Crippen LogP contribution in [0.15, 0.2) is 10.7 Å². The van der Waals surface area contributed by atoms with Gasteiger partial charge in [-0.1, -0.05) is 11.6 Å². The largest absolute Gasteiger partial charge is 0.396 e. The van der Waals surface area contributed by atoms with E-state index < -0.39 is 5.82 Å². The fraction of sp³-hybridized carbons (Fsp3) is 0. The predicted molar refractivity (Wildman–Crippen MR) is 41.3 cm³/mol. The van der Waals surface area contributed by atoms with Crippen LogP contribution in [0.5, 0.6) is 0 Å². The van der Waals surface area contributed by atoms with Gasteiger partial charge in [-0.25, -0.2) is 9.37 Å². The molecule has 1 aromatic heterocycles. The minimum Gasteiger partial charge on any atom is -0.396 e. The number of rotatable bonds is 0. The number of nitrogen functional groups attached to an aromatic ring is 1. The van der Waals surface area contributed by atoms with Gasteiger partial charge in [0.2, 0.25) is 0 Å². The monoisotopic (exact) mass is 224 g/mol. The molecule has 0 aliphatic rings. The van der Waals surface area contributed by atoms with Gasteiger partial charge < -0.3 is 5.73 Å². The van der Waals surface area contributed by atoms with E-state index in [4.69, 9.17) is 17.3 Å². The van der Waals surface area contributed by atoms with Gasteiger partial charge in [-0.2, -0.15) is 0 Å². The Morgan fingerprint density at radius 3 is 2.80 bits per heavy atom. The van der Waals surface area contributed by atoms with E-state index in [2.05, 4.69) is 20.9 Å². The maximum Gasteiger partial charge on any atom is 0.158 e. The topological polar surface area (TPSA) is 38.9 Å². The van der Waals surface area contributed by atoms with Crippen LogP contribution in [0.1, 0.15) is 0 Å². The first-order chi connectivity index (χ1) is 4.61. The van der Waals surface area contributed by atoms with Crippen LogP contribution in [0.4, 0.5) is 10.1 Å². The van der Waals surface area contributed by atoms with Crippen molar-refractivity contribution in [3.8, 4) is 0 Å². The van der Waals surface area contributed by atoms with E-state index in [1.807, 2.05) is 0 Å². The molecule has 0 saturated carbocycles. The first kappa shape index (κ1) is 7.75. The van der Waals surface area contributed by atoms with Crippen molar-refractivity contribution in [1.82, 2.24) is 4.98 Å². The van der Waals surface area contributed by atoms with Crippen molar-refractivity contribution in [1.29, 1.82) is 0 Å². The molecule has 0 amide bonds. The molecule has 0 radical (unpaired) electrons. The van der Waals surface area contributed by atoms with Gasteiger partial charge >= 0.3 is 0 Å². The molecule has 0 bridgehead atoms. The van der Waals surface area contributed by atoms with Crippen LogP contribution in [-0.2, 0) is 0 Å². The van der Waals surface area contributed by atoms with Crippen molar-refractivity contribution in [2.75, 3.05) is 5.73 Å². The third-order valence-electron chi connectivity index (χ3n) is 0.914. The number of aromatic nitrogens is 1. The summed E-state index contributed by atoms with van der Waals surface area (Å²) in [5, 5.41) is 0.105. The summed E-state index contributed by atoms with van der Waals surface area (Å²) in [6.07, 6.45) is 0. The molecule has 0 atom stereocenters. The molecule has 0 fully saturated rings. The maximum absolute atomic E-state index is 12.5. The lowest BCUT2D eigenvalue weighted by molar-refractivity contribution is 0.614. The minimum absolute atomic E-state index is 0.0756. The van der Waals surface area contributed by atoms with Crippen LogP contribution in [-0.4, -0.2) is 4.98 Å². The molecule has 10 heavy (non-hydrogen) atoms. The normalized spacial score (nSPS) is 9.90. The standard InChI is InChI=1S/C5H3BrClFN2/c6-4-2(8)1-3(9)5(7)10-4/h1H,9H2. The second-order valence-electron chi connectivity index (χ2n) is 1.64. The van der Waals surface area contributed by atoms with Gasteiger partial charge in [0.25, 0.3) is 0 Å².